The Labute approximate surface area is 263 Å². The number of nitrogens with zero attached hydrogens (tertiary/aromatic N) is 1. The molecule has 2 nitrogen and oxygen atoms in total. The predicted molar refractivity (Wildman–Crippen MR) is 192 cm³/mol. The zero-order chi connectivity index (χ0) is 29.5. The van der Waals surface area contributed by atoms with Gasteiger partial charge in [-0.25, -0.2) is 0 Å². The Hall–Kier alpha value is -5.64. The van der Waals surface area contributed by atoms with Crippen LogP contribution < -0.4 is 0 Å². The van der Waals surface area contributed by atoms with Gasteiger partial charge in [-0.15, -0.1) is 11.3 Å². The Kier molecular flexibility index (Phi) is 5.19. The van der Waals surface area contributed by atoms with E-state index in [-0.39, 0.29) is 0 Å². The summed E-state index contributed by atoms with van der Waals surface area (Å²) in [5, 5.41) is 7.55. The Morgan fingerprint density at radius 2 is 1.18 bits per heavy atom. The van der Waals surface area contributed by atoms with Crippen LogP contribution in [0, 0.1) is 0 Å². The maximum atomic E-state index is 6.63. The summed E-state index contributed by atoms with van der Waals surface area (Å²) >= 11 is 1.88. The minimum absolute atomic E-state index is 0.900. The quantitative estimate of drug-likeness (QED) is 0.200. The highest BCUT2D eigenvalue weighted by atomic mass is 32.1. The molecule has 10 aromatic rings. The van der Waals surface area contributed by atoms with Crippen LogP contribution >= 0.6 is 11.3 Å². The minimum atomic E-state index is 0.900. The highest BCUT2D eigenvalue weighted by molar-refractivity contribution is 7.26. The molecule has 0 atom stereocenters. The number of fused-ring (bicyclic) bond motifs is 10. The van der Waals surface area contributed by atoms with Crippen molar-refractivity contribution >= 4 is 75.3 Å². The lowest BCUT2D eigenvalue weighted by molar-refractivity contribution is 0.673. The molecule has 3 heterocycles. The summed E-state index contributed by atoms with van der Waals surface area (Å²) in [7, 11) is 0. The van der Waals surface area contributed by atoms with Gasteiger partial charge in [-0.3, -0.25) is 0 Å². The highest BCUT2D eigenvalue weighted by Gasteiger charge is 2.19. The Morgan fingerprint density at radius 3 is 2.04 bits per heavy atom. The molecule has 10 rings (SSSR count). The lowest BCUT2D eigenvalue weighted by Crippen LogP contribution is -1.92. The molecule has 3 aromatic heterocycles. The van der Waals surface area contributed by atoms with Crippen LogP contribution in [0.3, 0.4) is 0 Å². The maximum Gasteiger partial charge on any atom is 0.161 e. The minimum Gasteiger partial charge on any atom is -0.454 e. The van der Waals surface area contributed by atoms with Gasteiger partial charge in [0.1, 0.15) is 11.1 Å². The number of para-hydroxylation sites is 2. The van der Waals surface area contributed by atoms with Gasteiger partial charge in [0.05, 0.1) is 5.52 Å². The molecule has 0 saturated heterocycles. The van der Waals surface area contributed by atoms with E-state index in [1.807, 2.05) is 11.3 Å². The van der Waals surface area contributed by atoms with Crippen LogP contribution in [0.5, 0.6) is 0 Å². The molecule has 0 aliphatic carbocycles. The summed E-state index contributed by atoms with van der Waals surface area (Å²) < 4.78 is 11.6. The molecule has 45 heavy (non-hydrogen) atoms. The molecule has 0 N–H and O–H groups in total. The van der Waals surface area contributed by atoms with Crippen molar-refractivity contribution in [1.82, 2.24) is 4.57 Å². The van der Waals surface area contributed by atoms with E-state index in [2.05, 4.69) is 156 Å². The molecule has 0 saturated carbocycles. The van der Waals surface area contributed by atoms with Gasteiger partial charge in [0.15, 0.2) is 5.58 Å². The Balaban J connectivity index is 1.09. The highest BCUT2D eigenvalue weighted by Crippen LogP contribution is 2.42. The molecular formula is C42H25NOS. The Morgan fingerprint density at radius 1 is 0.467 bits per heavy atom. The molecule has 0 unspecified atom stereocenters. The Bertz CT molecular complexity index is 2760. The number of furan rings is 1. The fourth-order valence-corrected chi connectivity index (χ4v) is 8.26. The molecule has 7 aromatic carbocycles. The third-order valence-electron chi connectivity index (χ3n) is 9.18. The van der Waals surface area contributed by atoms with Gasteiger partial charge in [0, 0.05) is 36.6 Å². The van der Waals surface area contributed by atoms with Crippen molar-refractivity contribution < 1.29 is 4.42 Å². The normalized spacial score (nSPS) is 12.0. The van der Waals surface area contributed by atoms with Gasteiger partial charge in [-0.1, -0.05) is 97.1 Å². The van der Waals surface area contributed by atoms with Crippen molar-refractivity contribution in [2.75, 3.05) is 0 Å². The molecule has 210 valence electrons. The topological polar surface area (TPSA) is 18.1 Å². The fourth-order valence-electron chi connectivity index (χ4n) is 7.10. The molecular weight excluding hydrogens is 567 g/mol. The average molecular weight is 592 g/mol. The molecule has 0 spiro atoms. The number of thiophene rings is 1. The second-order valence-corrected chi connectivity index (χ2v) is 12.8. The summed E-state index contributed by atoms with van der Waals surface area (Å²) in [6, 6.07) is 54.6. The van der Waals surface area contributed by atoms with E-state index in [0.29, 0.717) is 0 Å². The van der Waals surface area contributed by atoms with Crippen molar-refractivity contribution in [2.45, 2.75) is 0 Å². The molecule has 0 radical (unpaired) electrons. The predicted octanol–water partition coefficient (Wildman–Crippen LogP) is 12.4. The SMILES string of the molecule is c1ccc(-n2c3ccccc3c3oc4cc(-c5cccc(-c6ccc7c(c6)sc6ccc8ccccc8c67)c5)ccc4c32)cc1. The molecule has 3 heteroatoms. The first-order chi connectivity index (χ1) is 22.3. The third-order valence-corrected chi connectivity index (χ3v) is 10.3. The lowest BCUT2D eigenvalue weighted by Gasteiger charge is -2.08. The molecule has 0 amide bonds. The van der Waals surface area contributed by atoms with Crippen LogP contribution in [-0.2, 0) is 0 Å². The van der Waals surface area contributed by atoms with Crippen LogP contribution in [0.25, 0.3) is 91.9 Å². The van der Waals surface area contributed by atoms with E-state index in [1.54, 1.807) is 0 Å². The van der Waals surface area contributed by atoms with E-state index in [0.717, 1.165) is 44.2 Å². The largest absolute Gasteiger partial charge is 0.454 e. The number of hydrogen-bond acceptors (Lipinski definition) is 2. The lowest BCUT2D eigenvalue weighted by atomic mass is 9.97. The monoisotopic (exact) mass is 591 g/mol. The van der Waals surface area contributed by atoms with Crippen molar-refractivity contribution in [3.05, 3.63) is 152 Å². The van der Waals surface area contributed by atoms with Crippen LogP contribution in [0.1, 0.15) is 0 Å². The first kappa shape index (κ1) is 24.8. The summed E-state index contributed by atoms with van der Waals surface area (Å²) in [4.78, 5) is 0. The fraction of sp³-hybridized carbons (Fsp3) is 0. The van der Waals surface area contributed by atoms with E-state index in [4.69, 9.17) is 4.42 Å². The van der Waals surface area contributed by atoms with Crippen LogP contribution in [0.15, 0.2) is 156 Å². The molecule has 0 aliphatic rings. The average Bonchev–Trinajstić information content (AvgIpc) is 3.77. The van der Waals surface area contributed by atoms with Crippen molar-refractivity contribution in [3.63, 3.8) is 0 Å². The second-order valence-electron chi connectivity index (χ2n) is 11.7. The van der Waals surface area contributed by atoms with Crippen LogP contribution in [-0.4, -0.2) is 4.57 Å². The van der Waals surface area contributed by atoms with Crippen molar-refractivity contribution in [3.8, 4) is 27.9 Å². The van der Waals surface area contributed by atoms with Gasteiger partial charge in [0.2, 0.25) is 0 Å². The van der Waals surface area contributed by atoms with E-state index in [9.17, 15) is 0 Å². The van der Waals surface area contributed by atoms with E-state index < -0.39 is 0 Å². The molecule has 0 aliphatic heterocycles. The zero-order valence-corrected chi connectivity index (χ0v) is 25.0. The van der Waals surface area contributed by atoms with E-state index >= 15 is 0 Å². The zero-order valence-electron chi connectivity index (χ0n) is 24.2. The summed E-state index contributed by atoms with van der Waals surface area (Å²) in [5.74, 6) is 0. The second kappa shape index (κ2) is 9.43. The smallest absolute Gasteiger partial charge is 0.161 e. The summed E-state index contributed by atoms with van der Waals surface area (Å²) in [6.45, 7) is 0. The van der Waals surface area contributed by atoms with Gasteiger partial charge < -0.3 is 8.98 Å². The number of benzene rings is 7. The van der Waals surface area contributed by atoms with Gasteiger partial charge in [0.25, 0.3) is 0 Å². The maximum absolute atomic E-state index is 6.63. The first-order valence-electron chi connectivity index (χ1n) is 15.3. The molecule has 0 bridgehead atoms. The van der Waals surface area contributed by atoms with Gasteiger partial charge >= 0.3 is 0 Å². The molecule has 0 fully saturated rings. The number of rotatable bonds is 3. The van der Waals surface area contributed by atoms with Crippen LogP contribution in [0.2, 0.25) is 0 Å². The van der Waals surface area contributed by atoms with E-state index in [1.165, 1.54) is 47.6 Å². The standard InChI is InChI=1S/C42H25NOS/c1-2-12-31(13-3-1)43-36-16-7-6-15-33(36)42-41(43)34-20-17-29(24-37(34)44-42)27-10-8-11-28(23-27)30-18-21-35-39(25-30)45-38-22-19-26-9-4-5-14-32(26)40(35)38/h1-25H. The van der Waals surface area contributed by atoms with Gasteiger partial charge in [-0.2, -0.15) is 0 Å². The summed E-state index contributed by atoms with van der Waals surface area (Å²) in [5.41, 5.74) is 9.99. The van der Waals surface area contributed by atoms with Crippen molar-refractivity contribution in [2.24, 2.45) is 0 Å². The third kappa shape index (κ3) is 3.68. The number of hydrogen-bond donors (Lipinski definition) is 0. The first-order valence-corrected chi connectivity index (χ1v) is 16.1. The van der Waals surface area contributed by atoms with Crippen molar-refractivity contribution in [1.29, 1.82) is 0 Å². The van der Waals surface area contributed by atoms with Gasteiger partial charge in [-0.05, 0) is 87.6 Å². The van der Waals surface area contributed by atoms with Crippen LogP contribution in [0.4, 0.5) is 0 Å². The summed E-state index contributed by atoms with van der Waals surface area (Å²) in [6.07, 6.45) is 0. The number of aromatic nitrogens is 1.